The minimum Gasteiger partial charge on any atom is -0.343 e. The molecular formula is C22H36N6O2. The Morgan fingerprint density at radius 1 is 1.10 bits per heavy atom. The lowest BCUT2D eigenvalue weighted by Crippen LogP contribution is -2.51. The standard InChI is InChI=1S/C22H36N6O2/c1-4-26-11-6-17(7-12-26)15-20(29)27-13-9-22(10-14-27)8-5-19(22)28-16-18(23-24-28)21(30)25(2)3/h16-17,19H,4-15H2,1-3H3. The molecule has 0 aromatic carbocycles. The minimum atomic E-state index is -0.111. The van der Waals surface area contributed by atoms with Gasteiger partial charge in [0.15, 0.2) is 5.69 Å². The first-order chi connectivity index (χ1) is 14.4. The molecule has 1 saturated carbocycles. The molecule has 1 aromatic heterocycles. The van der Waals surface area contributed by atoms with Crippen molar-refractivity contribution in [2.24, 2.45) is 11.3 Å². The number of hydrogen-bond acceptors (Lipinski definition) is 5. The number of carbonyl (C=O) groups excluding carboxylic acids is 2. The molecule has 166 valence electrons. The fraction of sp³-hybridized carbons (Fsp3) is 0.818. The Kier molecular flexibility index (Phi) is 6.14. The Morgan fingerprint density at radius 3 is 2.37 bits per heavy atom. The second-order valence-corrected chi connectivity index (χ2v) is 9.66. The lowest BCUT2D eigenvalue weighted by atomic mass is 9.59. The average Bonchev–Trinajstić information content (AvgIpc) is 3.22. The first kappa shape index (κ1) is 21.3. The van der Waals surface area contributed by atoms with Crippen LogP contribution in [0.15, 0.2) is 6.20 Å². The van der Waals surface area contributed by atoms with Gasteiger partial charge < -0.3 is 14.7 Å². The van der Waals surface area contributed by atoms with Crippen LogP contribution in [0.1, 0.15) is 68.4 Å². The van der Waals surface area contributed by atoms with E-state index in [2.05, 4.69) is 27.0 Å². The van der Waals surface area contributed by atoms with Crippen molar-refractivity contribution in [2.75, 3.05) is 46.8 Å². The molecule has 30 heavy (non-hydrogen) atoms. The number of hydrogen-bond donors (Lipinski definition) is 0. The summed E-state index contributed by atoms with van der Waals surface area (Å²) in [5.74, 6) is 0.783. The van der Waals surface area contributed by atoms with E-state index in [1.165, 1.54) is 11.3 Å². The first-order valence-corrected chi connectivity index (χ1v) is 11.6. The van der Waals surface area contributed by atoms with E-state index < -0.39 is 0 Å². The van der Waals surface area contributed by atoms with Gasteiger partial charge >= 0.3 is 0 Å². The Hall–Kier alpha value is -1.96. The summed E-state index contributed by atoms with van der Waals surface area (Å²) in [6.07, 6.45) is 9.11. The van der Waals surface area contributed by atoms with E-state index in [1.807, 2.05) is 4.68 Å². The van der Waals surface area contributed by atoms with Gasteiger partial charge in [0, 0.05) is 33.6 Å². The molecule has 0 radical (unpaired) electrons. The van der Waals surface area contributed by atoms with Crippen molar-refractivity contribution in [3.63, 3.8) is 0 Å². The van der Waals surface area contributed by atoms with E-state index in [-0.39, 0.29) is 11.3 Å². The van der Waals surface area contributed by atoms with Gasteiger partial charge in [0.05, 0.1) is 12.2 Å². The van der Waals surface area contributed by atoms with Crippen LogP contribution >= 0.6 is 0 Å². The number of rotatable bonds is 5. The summed E-state index contributed by atoms with van der Waals surface area (Å²) in [5.41, 5.74) is 0.610. The SMILES string of the molecule is CCN1CCC(CC(=O)N2CCC3(CCC3n3cc(C(=O)N(C)C)nn3)CC2)CC1. The van der Waals surface area contributed by atoms with Gasteiger partial charge in [-0.3, -0.25) is 9.59 Å². The van der Waals surface area contributed by atoms with Gasteiger partial charge in [-0.05, 0) is 69.5 Å². The first-order valence-electron chi connectivity index (χ1n) is 11.6. The summed E-state index contributed by atoms with van der Waals surface area (Å²) in [7, 11) is 3.46. The van der Waals surface area contributed by atoms with Crippen LogP contribution in [0.25, 0.3) is 0 Å². The fourth-order valence-electron chi connectivity index (χ4n) is 5.52. The highest BCUT2D eigenvalue weighted by Crippen LogP contribution is 2.56. The maximum Gasteiger partial charge on any atom is 0.275 e. The van der Waals surface area contributed by atoms with Crippen LogP contribution in [0.3, 0.4) is 0 Å². The Bertz CT molecular complexity index is 759. The van der Waals surface area contributed by atoms with Gasteiger partial charge in [0.25, 0.3) is 5.91 Å². The molecule has 3 aliphatic rings. The molecule has 1 aromatic rings. The van der Waals surface area contributed by atoms with Gasteiger partial charge in [-0.25, -0.2) is 4.68 Å². The zero-order valence-electron chi connectivity index (χ0n) is 18.7. The summed E-state index contributed by atoms with van der Waals surface area (Å²) in [4.78, 5) is 31.1. The van der Waals surface area contributed by atoms with Gasteiger partial charge in [-0.15, -0.1) is 5.10 Å². The van der Waals surface area contributed by atoms with Crippen LogP contribution in [0.5, 0.6) is 0 Å². The van der Waals surface area contributed by atoms with E-state index in [4.69, 9.17) is 0 Å². The second-order valence-electron chi connectivity index (χ2n) is 9.66. The molecule has 2 amide bonds. The summed E-state index contributed by atoms with van der Waals surface area (Å²) in [5, 5.41) is 8.36. The summed E-state index contributed by atoms with van der Waals surface area (Å²) < 4.78 is 1.90. The Balaban J connectivity index is 1.30. The van der Waals surface area contributed by atoms with E-state index in [9.17, 15) is 9.59 Å². The summed E-state index contributed by atoms with van der Waals surface area (Å²) >= 11 is 0. The fourth-order valence-corrected chi connectivity index (χ4v) is 5.52. The smallest absolute Gasteiger partial charge is 0.275 e. The van der Waals surface area contributed by atoms with Crippen LogP contribution in [0, 0.1) is 11.3 Å². The maximum atomic E-state index is 12.9. The van der Waals surface area contributed by atoms with E-state index >= 15 is 0 Å². The molecule has 3 fully saturated rings. The van der Waals surface area contributed by atoms with Gasteiger partial charge in [-0.1, -0.05) is 12.1 Å². The van der Waals surface area contributed by atoms with Crippen LogP contribution in [0.2, 0.25) is 0 Å². The molecule has 1 atom stereocenters. The Morgan fingerprint density at radius 2 is 1.80 bits per heavy atom. The zero-order chi connectivity index (χ0) is 21.3. The van der Waals surface area contributed by atoms with Crippen LogP contribution in [-0.2, 0) is 4.79 Å². The molecule has 0 bridgehead atoms. The highest BCUT2D eigenvalue weighted by molar-refractivity contribution is 5.91. The zero-order valence-corrected chi connectivity index (χ0v) is 18.7. The van der Waals surface area contributed by atoms with Crippen molar-refractivity contribution in [1.29, 1.82) is 0 Å². The summed E-state index contributed by atoms with van der Waals surface area (Å²) in [6.45, 7) is 7.29. The molecule has 8 nitrogen and oxygen atoms in total. The quantitative estimate of drug-likeness (QED) is 0.734. The van der Waals surface area contributed by atoms with Crippen molar-refractivity contribution in [1.82, 2.24) is 29.7 Å². The minimum absolute atomic E-state index is 0.111. The number of likely N-dealkylation sites (tertiary alicyclic amines) is 2. The van der Waals surface area contributed by atoms with Crippen molar-refractivity contribution in [3.05, 3.63) is 11.9 Å². The van der Waals surface area contributed by atoms with Crippen LogP contribution in [0.4, 0.5) is 0 Å². The normalized spacial score (nSPS) is 24.6. The van der Waals surface area contributed by atoms with Crippen LogP contribution < -0.4 is 0 Å². The van der Waals surface area contributed by atoms with Gasteiger partial charge in [0.1, 0.15) is 0 Å². The molecule has 1 unspecified atom stereocenters. The van der Waals surface area contributed by atoms with Crippen molar-refractivity contribution >= 4 is 11.8 Å². The average molecular weight is 417 g/mol. The molecule has 1 spiro atoms. The second kappa shape index (κ2) is 8.65. The third kappa shape index (κ3) is 4.11. The number of aromatic nitrogens is 3. The van der Waals surface area contributed by atoms with Crippen LogP contribution in [-0.4, -0.2) is 88.3 Å². The number of nitrogens with zero attached hydrogens (tertiary/aromatic N) is 6. The van der Waals surface area contributed by atoms with E-state index in [1.54, 1.807) is 20.3 Å². The van der Waals surface area contributed by atoms with E-state index in [0.29, 0.717) is 30.0 Å². The number of carbonyl (C=O) groups is 2. The third-order valence-electron chi connectivity index (χ3n) is 7.81. The largest absolute Gasteiger partial charge is 0.343 e. The highest BCUT2D eigenvalue weighted by Gasteiger charge is 2.50. The summed E-state index contributed by atoms with van der Waals surface area (Å²) in [6, 6.07) is 0.296. The van der Waals surface area contributed by atoms with Crippen molar-refractivity contribution in [2.45, 2.75) is 57.9 Å². The number of piperidine rings is 2. The van der Waals surface area contributed by atoms with E-state index in [0.717, 1.165) is 64.8 Å². The molecule has 2 aliphatic heterocycles. The highest BCUT2D eigenvalue weighted by atomic mass is 16.2. The lowest BCUT2D eigenvalue weighted by Gasteiger charge is -2.53. The van der Waals surface area contributed by atoms with Gasteiger partial charge in [0.2, 0.25) is 5.91 Å². The third-order valence-corrected chi connectivity index (χ3v) is 7.81. The number of amides is 2. The molecule has 4 rings (SSSR count). The predicted octanol–water partition coefficient (Wildman–Crippen LogP) is 2.05. The molecular weight excluding hydrogens is 380 g/mol. The predicted molar refractivity (Wildman–Crippen MR) is 114 cm³/mol. The molecule has 2 saturated heterocycles. The molecule has 0 N–H and O–H groups in total. The topological polar surface area (TPSA) is 74.6 Å². The van der Waals surface area contributed by atoms with Gasteiger partial charge in [-0.2, -0.15) is 0 Å². The van der Waals surface area contributed by atoms with Crippen molar-refractivity contribution in [3.8, 4) is 0 Å². The lowest BCUT2D eigenvalue weighted by molar-refractivity contribution is -0.137. The maximum absolute atomic E-state index is 12.9. The Labute approximate surface area is 179 Å². The van der Waals surface area contributed by atoms with Crippen molar-refractivity contribution < 1.29 is 9.59 Å². The molecule has 8 heteroatoms. The molecule has 1 aliphatic carbocycles. The molecule has 3 heterocycles. The monoisotopic (exact) mass is 416 g/mol.